The van der Waals surface area contributed by atoms with Crippen LogP contribution in [0.15, 0.2) is 0 Å². The van der Waals surface area contributed by atoms with E-state index in [1.54, 1.807) is 0 Å². The molecule has 0 spiro atoms. The molecule has 0 aliphatic rings. The summed E-state index contributed by atoms with van der Waals surface area (Å²) in [5.74, 6) is 0. The molecule has 150 valence electrons. The first-order valence-electron chi connectivity index (χ1n) is 10.5. The third kappa shape index (κ3) is 17.8. The smallest absolute Gasteiger partial charge is 0.407 e. The summed E-state index contributed by atoms with van der Waals surface area (Å²) in [5.41, 5.74) is -0.500. The summed E-state index contributed by atoms with van der Waals surface area (Å²) in [5, 5.41) is 12.1. The Kier molecular flexibility index (Phi) is 15.0. The Morgan fingerprint density at radius 1 is 0.880 bits per heavy atom. The molecule has 0 bridgehead atoms. The van der Waals surface area contributed by atoms with Crippen molar-refractivity contribution in [3.8, 4) is 0 Å². The fourth-order valence-corrected chi connectivity index (χ4v) is 2.92. The predicted octanol–water partition coefficient (Wildman–Crippen LogP) is 5.96. The largest absolute Gasteiger partial charge is 0.444 e. The topological polar surface area (TPSA) is 58.6 Å². The number of hydrogen-bond acceptors (Lipinski definition) is 3. The first-order chi connectivity index (χ1) is 11.9. The normalized spacial score (nSPS) is 12.8. The standard InChI is InChI=1S/C21H43NO3/c1-5-6-7-8-9-10-11-12-13-14-15-16-17-19(18-23)22-20(24)25-21(2,3)4/h19,23H,5-18H2,1-4H3,(H,22,24)/t19-/m1/s1. The van der Waals surface area contributed by atoms with Gasteiger partial charge < -0.3 is 15.2 Å². The van der Waals surface area contributed by atoms with Crippen LogP contribution in [0.25, 0.3) is 0 Å². The Bertz CT molecular complexity index is 313. The summed E-state index contributed by atoms with van der Waals surface area (Å²) in [7, 11) is 0. The Morgan fingerprint density at radius 2 is 1.32 bits per heavy atom. The average Bonchev–Trinajstić information content (AvgIpc) is 2.53. The summed E-state index contributed by atoms with van der Waals surface area (Å²) < 4.78 is 5.22. The molecule has 4 heteroatoms. The average molecular weight is 358 g/mol. The van der Waals surface area contributed by atoms with Crippen LogP contribution in [0.4, 0.5) is 4.79 Å². The second-order valence-corrected chi connectivity index (χ2v) is 8.20. The molecule has 0 aromatic rings. The number of carbonyl (C=O) groups excluding carboxylic acids is 1. The lowest BCUT2D eigenvalue weighted by Gasteiger charge is -2.22. The SMILES string of the molecule is CCCCCCCCCCCCCC[C@H](CO)NC(=O)OC(C)(C)C. The number of nitrogens with one attached hydrogen (secondary N) is 1. The highest BCUT2D eigenvalue weighted by molar-refractivity contribution is 5.68. The van der Waals surface area contributed by atoms with Crippen LogP contribution in [-0.2, 0) is 4.74 Å². The molecule has 0 aliphatic carbocycles. The van der Waals surface area contributed by atoms with E-state index in [-0.39, 0.29) is 12.6 Å². The molecular weight excluding hydrogens is 314 g/mol. The van der Waals surface area contributed by atoms with Gasteiger partial charge in [-0.3, -0.25) is 0 Å². The number of alkyl carbamates (subject to hydrolysis) is 1. The Balaban J connectivity index is 3.48. The number of aliphatic hydroxyl groups is 1. The second kappa shape index (κ2) is 15.5. The van der Waals surface area contributed by atoms with Crippen molar-refractivity contribution in [1.29, 1.82) is 0 Å². The highest BCUT2D eigenvalue weighted by Crippen LogP contribution is 2.13. The van der Waals surface area contributed by atoms with E-state index < -0.39 is 11.7 Å². The van der Waals surface area contributed by atoms with Crippen LogP contribution < -0.4 is 5.32 Å². The van der Waals surface area contributed by atoms with Gasteiger partial charge in [-0.25, -0.2) is 4.79 Å². The van der Waals surface area contributed by atoms with E-state index in [0.717, 1.165) is 12.8 Å². The fourth-order valence-electron chi connectivity index (χ4n) is 2.92. The maximum atomic E-state index is 11.7. The molecule has 0 saturated carbocycles. The molecule has 0 aromatic carbocycles. The van der Waals surface area contributed by atoms with E-state index >= 15 is 0 Å². The van der Waals surface area contributed by atoms with Crippen molar-refractivity contribution < 1.29 is 14.6 Å². The zero-order chi connectivity index (χ0) is 19.0. The minimum Gasteiger partial charge on any atom is -0.444 e. The quantitative estimate of drug-likeness (QED) is 0.355. The summed E-state index contributed by atoms with van der Waals surface area (Å²) in [4.78, 5) is 11.7. The third-order valence-corrected chi connectivity index (χ3v) is 4.35. The highest BCUT2D eigenvalue weighted by atomic mass is 16.6. The van der Waals surface area contributed by atoms with Crippen LogP contribution in [0.5, 0.6) is 0 Å². The van der Waals surface area contributed by atoms with Crippen LogP contribution in [-0.4, -0.2) is 29.4 Å². The molecule has 0 unspecified atom stereocenters. The van der Waals surface area contributed by atoms with Crippen LogP contribution in [0.2, 0.25) is 0 Å². The molecule has 0 saturated heterocycles. The monoisotopic (exact) mass is 357 g/mol. The van der Waals surface area contributed by atoms with Crippen molar-refractivity contribution in [3.05, 3.63) is 0 Å². The Labute approximate surface area is 156 Å². The number of aliphatic hydroxyl groups excluding tert-OH is 1. The predicted molar refractivity (Wildman–Crippen MR) is 106 cm³/mol. The Morgan fingerprint density at radius 3 is 1.72 bits per heavy atom. The van der Waals surface area contributed by atoms with Gasteiger partial charge in [0.05, 0.1) is 12.6 Å². The molecule has 0 aromatic heterocycles. The highest BCUT2D eigenvalue weighted by Gasteiger charge is 2.18. The number of amides is 1. The first-order valence-corrected chi connectivity index (χ1v) is 10.5. The maximum absolute atomic E-state index is 11.7. The molecule has 0 rings (SSSR count). The minimum absolute atomic E-state index is 0.0305. The summed E-state index contributed by atoms with van der Waals surface area (Å²) >= 11 is 0. The zero-order valence-electron chi connectivity index (χ0n) is 17.2. The van der Waals surface area contributed by atoms with Crippen molar-refractivity contribution >= 4 is 6.09 Å². The molecule has 25 heavy (non-hydrogen) atoms. The number of unbranched alkanes of at least 4 members (excludes halogenated alkanes) is 11. The lowest BCUT2D eigenvalue weighted by Crippen LogP contribution is -2.41. The number of hydrogen-bond donors (Lipinski definition) is 2. The number of rotatable bonds is 15. The van der Waals surface area contributed by atoms with Gasteiger partial charge in [0.2, 0.25) is 0 Å². The second-order valence-electron chi connectivity index (χ2n) is 8.20. The lowest BCUT2D eigenvalue weighted by atomic mass is 10.0. The van der Waals surface area contributed by atoms with Gasteiger partial charge in [-0.1, -0.05) is 84.0 Å². The number of carbonyl (C=O) groups is 1. The van der Waals surface area contributed by atoms with Gasteiger partial charge in [-0.2, -0.15) is 0 Å². The maximum Gasteiger partial charge on any atom is 0.407 e. The summed E-state index contributed by atoms with van der Waals surface area (Å²) in [6.45, 7) is 7.75. The van der Waals surface area contributed by atoms with E-state index in [1.807, 2.05) is 20.8 Å². The molecule has 4 nitrogen and oxygen atoms in total. The number of ether oxygens (including phenoxy) is 1. The Hall–Kier alpha value is -0.770. The zero-order valence-corrected chi connectivity index (χ0v) is 17.2. The van der Waals surface area contributed by atoms with E-state index in [4.69, 9.17) is 4.74 Å². The van der Waals surface area contributed by atoms with Gasteiger partial charge in [0, 0.05) is 0 Å². The molecule has 0 radical (unpaired) electrons. The van der Waals surface area contributed by atoms with E-state index in [2.05, 4.69) is 12.2 Å². The van der Waals surface area contributed by atoms with E-state index in [1.165, 1.54) is 70.6 Å². The molecule has 2 N–H and O–H groups in total. The van der Waals surface area contributed by atoms with Gasteiger partial charge in [0.1, 0.15) is 5.60 Å². The summed E-state index contributed by atoms with van der Waals surface area (Å²) in [6.07, 6.45) is 16.1. The molecule has 0 aliphatic heterocycles. The van der Waals surface area contributed by atoms with Crippen molar-refractivity contribution in [3.63, 3.8) is 0 Å². The molecule has 0 heterocycles. The van der Waals surface area contributed by atoms with Gasteiger partial charge in [-0.15, -0.1) is 0 Å². The van der Waals surface area contributed by atoms with E-state index in [0.29, 0.717) is 0 Å². The molecule has 0 fully saturated rings. The van der Waals surface area contributed by atoms with Crippen LogP contribution in [0.1, 0.15) is 111 Å². The van der Waals surface area contributed by atoms with Gasteiger partial charge >= 0.3 is 6.09 Å². The van der Waals surface area contributed by atoms with Crippen LogP contribution in [0.3, 0.4) is 0 Å². The van der Waals surface area contributed by atoms with Crippen LogP contribution >= 0.6 is 0 Å². The molecule has 1 atom stereocenters. The lowest BCUT2D eigenvalue weighted by molar-refractivity contribution is 0.0478. The van der Waals surface area contributed by atoms with Crippen molar-refractivity contribution in [1.82, 2.24) is 5.32 Å². The van der Waals surface area contributed by atoms with Gasteiger partial charge in [-0.05, 0) is 27.2 Å². The first kappa shape index (κ1) is 24.2. The summed E-state index contributed by atoms with van der Waals surface area (Å²) in [6, 6.07) is -0.196. The van der Waals surface area contributed by atoms with Crippen LogP contribution in [0, 0.1) is 0 Å². The van der Waals surface area contributed by atoms with E-state index in [9.17, 15) is 9.90 Å². The van der Waals surface area contributed by atoms with Crippen molar-refractivity contribution in [2.75, 3.05) is 6.61 Å². The molecular formula is C21H43NO3. The molecule has 1 amide bonds. The third-order valence-electron chi connectivity index (χ3n) is 4.35. The van der Waals surface area contributed by atoms with Gasteiger partial charge in [0.25, 0.3) is 0 Å². The fraction of sp³-hybridized carbons (Fsp3) is 0.952. The van der Waals surface area contributed by atoms with Crippen molar-refractivity contribution in [2.24, 2.45) is 0 Å². The van der Waals surface area contributed by atoms with Crippen molar-refractivity contribution in [2.45, 2.75) is 123 Å². The minimum atomic E-state index is -0.500. The van der Waals surface area contributed by atoms with Gasteiger partial charge in [0.15, 0.2) is 0 Å².